The lowest BCUT2D eigenvalue weighted by Crippen LogP contribution is -2.66. The molecule has 1 aromatic carbocycles. The van der Waals surface area contributed by atoms with Gasteiger partial charge in [-0.05, 0) is 122 Å². The Bertz CT molecular complexity index is 975. The molecule has 0 bridgehead atoms. The maximum absolute atomic E-state index is 13.0. The molecule has 2 aliphatic rings. The summed E-state index contributed by atoms with van der Waals surface area (Å²) in [5.74, 6) is -0.177. The van der Waals surface area contributed by atoms with E-state index in [-0.39, 0.29) is 24.7 Å². The number of aliphatic hydroxyl groups excluding tert-OH is 1. The van der Waals surface area contributed by atoms with Crippen molar-refractivity contribution in [2.45, 2.75) is 64.3 Å². The van der Waals surface area contributed by atoms with Crippen molar-refractivity contribution in [2.24, 2.45) is 5.41 Å². The smallest absolute Gasteiger partial charge is 0.257 e. The summed E-state index contributed by atoms with van der Waals surface area (Å²) in [7, 11) is 1.63. The highest BCUT2D eigenvalue weighted by molar-refractivity contribution is 14.1. The van der Waals surface area contributed by atoms with Crippen LogP contribution in [0.25, 0.3) is 0 Å². The number of fused-ring (bicyclic) bond motifs is 1. The van der Waals surface area contributed by atoms with Crippen LogP contribution in [-0.2, 0) is 18.9 Å². The van der Waals surface area contributed by atoms with Crippen molar-refractivity contribution >= 4 is 96.3 Å². The van der Waals surface area contributed by atoms with Crippen molar-refractivity contribution in [3.8, 4) is 0 Å². The first-order chi connectivity index (χ1) is 15.9. The highest BCUT2D eigenvalue weighted by Gasteiger charge is 2.62. The molecule has 190 valence electrons. The molecule has 0 aliphatic carbocycles. The summed E-state index contributed by atoms with van der Waals surface area (Å²) >= 11 is 8.96. The Morgan fingerprint density at radius 1 is 1.18 bits per heavy atom. The molecule has 2 N–H and O–H groups in total. The van der Waals surface area contributed by atoms with Gasteiger partial charge in [0.25, 0.3) is 5.91 Å². The molecule has 2 fully saturated rings. The summed E-state index contributed by atoms with van der Waals surface area (Å²) in [6.45, 7) is 8.13. The second kappa shape index (κ2) is 11.9. The third-order valence-corrected chi connectivity index (χ3v) is 12.6. The zero-order valence-corrected chi connectivity index (χ0v) is 28.2. The Balaban J connectivity index is 1.84. The summed E-state index contributed by atoms with van der Waals surface area (Å²) in [4.78, 5) is 13.0. The largest absolute Gasteiger partial charge is 0.394 e. The van der Waals surface area contributed by atoms with E-state index in [1.807, 2.05) is 33.8 Å². The van der Waals surface area contributed by atoms with Crippen molar-refractivity contribution < 1.29 is 28.8 Å². The van der Waals surface area contributed by atoms with Crippen LogP contribution >= 0.6 is 90.4 Å². The van der Waals surface area contributed by atoms with Crippen LogP contribution in [0.15, 0.2) is 17.8 Å². The summed E-state index contributed by atoms with van der Waals surface area (Å²) in [6.07, 6.45) is 0.580. The molecule has 34 heavy (non-hydrogen) atoms. The fraction of sp³-hybridized carbons (Fsp3) is 0.609. The molecule has 2 heterocycles. The van der Waals surface area contributed by atoms with E-state index in [1.165, 1.54) is 0 Å². The topological polar surface area (TPSA) is 86.3 Å². The normalized spacial score (nSPS) is 33.6. The van der Waals surface area contributed by atoms with Crippen LogP contribution in [0.4, 0.5) is 0 Å². The van der Waals surface area contributed by atoms with Crippen LogP contribution < -0.4 is 5.32 Å². The van der Waals surface area contributed by atoms with Crippen LogP contribution in [0.1, 0.15) is 44.5 Å². The third kappa shape index (κ3) is 5.61. The molecule has 2 saturated heterocycles. The van der Waals surface area contributed by atoms with Crippen LogP contribution in [0.5, 0.6) is 0 Å². The Kier molecular flexibility index (Phi) is 10.4. The third-order valence-electron chi connectivity index (χ3n) is 6.68. The van der Waals surface area contributed by atoms with Crippen molar-refractivity contribution in [2.75, 3.05) is 20.3 Å². The Hall–Kier alpha value is 1.15. The molecule has 0 spiro atoms. The summed E-state index contributed by atoms with van der Waals surface area (Å²) in [6, 6.07) is 2.00. The summed E-state index contributed by atoms with van der Waals surface area (Å²) in [5.41, 5.74) is 0.188. The molecule has 7 nitrogen and oxygen atoms in total. The number of carbonyl (C=O) groups excluding carboxylic acids is 1. The van der Waals surface area contributed by atoms with Crippen LogP contribution in [0.2, 0.25) is 0 Å². The number of methoxy groups -OCH3 is 1. The van der Waals surface area contributed by atoms with Crippen molar-refractivity contribution in [1.82, 2.24) is 5.32 Å². The van der Waals surface area contributed by atoms with E-state index in [1.54, 1.807) is 13.3 Å². The van der Waals surface area contributed by atoms with Gasteiger partial charge in [0.1, 0.15) is 12.2 Å². The molecule has 0 radical (unpaired) electrons. The fourth-order valence-corrected chi connectivity index (χ4v) is 8.73. The first-order valence-corrected chi connectivity index (χ1v) is 15.1. The SMILES string of the molecule is CCC1(C)O[C@@H](CO)C(C)(COC)C2OC(/C(C)=C\NC(=O)c3c(I)cc(I)c(I)c3I)O[C@H]21. The monoisotopic (exact) mass is 923 g/mol. The molecule has 0 aromatic heterocycles. The van der Waals surface area contributed by atoms with E-state index in [4.69, 9.17) is 18.9 Å². The van der Waals surface area contributed by atoms with Gasteiger partial charge in [0.15, 0.2) is 6.29 Å². The van der Waals surface area contributed by atoms with Gasteiger partial charge >= 0.3 is 0 Å². The Morgan fingerprint density at radius 2 is 1.82 bits per heavy atom. The van der Waals surface area contributed by atoms with Gasteiger partial charge in [-0.25, -0.2) is 0 Å². The number of hydrogen-bond donors (Lipinski definition) is 2. The number of aliphatic hydroxyl groups is 1. The lowest BCUT2D eigenvalue weighted by molar-refractivity contribution is -0.261. The zero-order valence-electron chi connectivity index (χ0n) is 19.6. The lowest BCUT2D eigenvalue weighted by atomic mass is 9.70. The van der Waals surface area contributed by atoms with Gasteiger partial charge in [-0.3, -0.25) is 4.79 Å². The van der Waals surface area contributed by atoms with E-state index in [0.717, 1.165) is 19.9 Å². The van der Waals surface area contributed by atoms with Crippen LogP contribution in [0, 0.1) is 19.7 Å². The Morgan fingerprint density at radius 3 is 2.41 bits per heavy atom. The molecule has 6 atom stereocenters. The van der Waals surface area contributed by atoms with E-state index in [2.05, 4.69) is 95.7 Å². The molecular formula is C23H29I4NO6. The van der Waals surface area contributed by atoms with E-state index < -0.39 is 23.4 Å². The lowest BCUT2D eigenvalue weighted by Gasteiger charge is -2.53. The number of amides is 1. The number of nitrogens with one attached hydrogen (secondary N) is 1. The second-order valence-corrected chi connectivity index (χ2v) is 13.5. The zero-order chi connectivity index (χ0) is 25.4. The molecule has 4 unspecified atom stereocenters. The second-order valence-electron chi connectivity index (χ2n) is 9.04. The van der Waals surface area contributed by atoms with Crippen molar-refractivity contribution in [3.63, 3.8) is 0 Å². The molecular weight excluding hydrogens is 894 g/mol. The van der Waals surface area contributed by atoms with Gasteiger partial charge in [0.05, 0.1) is 30.5 Å². The van der Waals surface area contributed by atoms with Crippen molar-refractivity contribution in [3.05, 3.63) is 37.7 Å². The summed E-state index contributed by atoms with van der Waals surface area (Å²) in [5, 5.41) is 13.0. The molecule has 0 saturated carbocycles. The average Bonchev–Trinajstić information content (AvgIpc) is 3.26. The quantitative estimate of drug-likeness (QED) is 0.226. The number of halogens is 4. The average molecular weight is 923 g/mol. The predicted molar refractivity (Wildman–Crippen MR) is 163 cm³/mol. The van der Waals surface area contributed by atoms with Gasteiger partial charge in [0, 0.05) is 33.0 Å². The van der Waals surface area contributed by atoms with E-state index >= 15 is 0 Å². The fourth-order valence-electron chi connectivity index (χ4n) is 4.44. The number of ether oxygens (including phenoxy) is 4. The van der Waals surface area contributed by atoms with Gasteiger partial charge < -0.3 is 29.4 Å². The van der Waals surface area contributed by atoms with Gasteiger partial charge in [0.2, 0.25) is 0 Å². The highest BCUT2D eigenvalue weighted by atomic mass is 127. The summed E-state index contributed by atoms with van der Waals surface area (Å²) < 4.78 is 28.7. The number of rotatable bonds is 7. The minimum Gasteiger partial charge on any atom is -0.394 e. The Labute approximate surface area is 255 Å². The molecule has 1 aromatic rings. The minimum atomic E-state index is -0.645. The van der Waals surface area contributed by atoms with Crippen molar-refractivity contribution in [1.29, 1.82) is 0 Å². The molecule has 11 heteroatoms. The highest BCUT2D eigenvalue weighted by Crippen LogP contribution is 2.50. The van der Waals surface area contributed by atoms with Gasteiger partial charge in [-0.2, -0.15) is 0 Å². The van der Waals surface area contributed by atoms with Crippen LogP contribution in [-0.4, -0.2) is 61.5 Å². The van der Waals surface area contributed by atoms with E-state index in [9.17, 15) is 9.90 Å². The number of hydrogen-bond acceptors (Lipinski definition) is 6. The maximum Gasteiger partial charge on any atom is 0.257 e. The minimum absolute atomic E-state index is 0.135. The maximum atomic E-state index is 13.0. The molecule has 3 rings (SSSR count). The van der Waals surface area contributed by atoms with Crippen LogP contribution in [0.3, 0.4) is 0 Å². The predicted octanol–water partition coefficient (Wildman–Crippen LogP) is 5.06. The molecule has 1 amide bonds. The van der Waals surface area contributed by atoms with Gasteiger partial charge in [-0.1, -0.05) is 13.8 Å². The number of benzene rings is 1. The van der Waals surface area contributed by atoms with Gasteiger partial charge in [-0.15, -0.1) is 0 Å². The first kappa shape index (κ1) is 29.7. The first-order valence-electron chi connectivity index (χ1n) is 10.8. The molecule has 2 aliphatic heterocycles. The number of carbonyl (C=O) groups is 1. The standard InChI is InChI=1S/C23H29I4NO6/c1-6-23(4)19-18(22(3,10-31-5)14(9-29)34-23)32-21(33-19)11(2)8-28-20(30)15-12(24)7-13(25)16(26)17(15)27/h7-8,14,18-19,21,29H,6,9-10H2,1-5H3,(H,28,30)/b11-8-/t14-,18?,19+,21?,22?,23?/m0/s1. The van der Waals surface area contributed by atoms with E-state index in [0.29, 0.717) is 18.6 Å².